The van der Waals surface area contributed by atoms with Gasteiger partial charge >= 0.3 is 0 Å². The highest BCUT2D eigenvalue weighted by Crippen LogP contribution is 2.36. The minimum atomic E-state index is -0.315. The number of nitrogens with zero attached hydrogens (tertiary/aromatic N) is 1. The lowest BCUT2D eigenvalue weighted by atomic mass is 9.87. The van der Waals surface area contributed by atoms with Crippen LogP contribution in [0.25, 0.3) is 0 Å². The van der Waals surface area contributed by atoms with E-state index < -0.39 is 0 Å². The van der Waals surface area contributed by atoms with Crippen molar-refractivity contribution < 1.29 is 9.90 Å². The first-order chi connectivity index (χ1) is 8.25. The van der Waals surface area contributed by atoms with E-state index >= 15 is 0 Å². The summed E-state index contributed by atoms with van der Waals surface area (Å²) < 4.78 is 0. The molecule has 0 saturated carbocycles. The summed E-state index contributed by atoms with van der Waals surface area (Å²) in [7, 11) is 0. The molecule has 0 radical (unpaired) electrons. The van der Waals surface area contributed by atoms with E-state index in [2.05, 4.69) is 11.4 Å². The Kier molecular flexibility index (Phi) is 2.92. The number of carbonyl (C=O) groups is 1. The van der Waals surface area contributed by atoms with E-state index in [0.29, 0.717) is 6.54 Å². The number of hydrogen-bond acceptors (Lipinski definition) is 3. The van der Waals surface area contributed by atoms with Crippen LogP contribution in [-0.4, -0.2) is 35.1 Å². The second-order valence-electron chi connectivity index (χ2n) is 4.97. The summed E-state index contributed by atoms with van der Waals surface area (Å²) in [5.41, 5.74) is 1.24. The minimum absolute atomic E-state index is 0.0512. The van der Waals surface area contributed by atoms with Crippen molar-refractivity contribution in [1.29, 1.82) is 0 Å². The smallest absolute Gasteiger partial charge is 0.230 e. The minimum Gasteiger partial charge on any atom is -0.391 e. The van der Waals surface area contributed by atoms with E-state index in [4.69, 9.17) is 0 Å². The van der Waals surface area contributed by atoms with Crippen LogP contribution in [0, 0.1) is 0 Å². The van der Waals surface area contributed by atoms with Crippen LogP contribution >= 0.6 is 11.3 Å². The Hall–Kier alpha value is -0.870. The second kappa shape index (κ2) is 4.42. The van der Waals surface area contributed by atoms with Crippen LogP contribution in [0.1, 0.15) is 35.6 Å². The summed E-state index contributed by atoms with van der Waals surface area (Å²) in [6.45, 7) is 1.24. The van der Waals surface area contributed by atoms with Crippen LogP contribution in [0.3, 0.4) is 0 Å². The van der Waals surface area contributed by atoms with Crippen LogP contribution in [0.4, 0.5) is 0 Å². The number of aryl methyl sites for hydroxylation is 1. The maximum absolute atomic E-state index is 12.4. The number of amides is 1. The van der Waals surface area contributed by atoms with Crippen molar-refractivity contribution in [2.24, 2.45) is 0 Å². The van der Waals surface area contributed by atoms with Gasteiger partial charge in [0.05, 0.1) is 12.0 Å². The van der Waals surface area contributed by atoms with Crippen molar-refractivity contribution in [2.45, 2.75) is 37.7 Å². The Morgan fingerprint density at radius 1 is 1.47 bits per heavy atom. The molecule has 2 heterocycles. The lowest BCUT2D eigenvalue weighted by Gasteiger charge is -2.26. The van der Waals surface area contributed by atoms with Crippen LogP contribution in [0.15, 0.2) is 11.4 Å². The molecular weight excluding hydrogens is 234 g/mol. The maximum Gasteiger partial charge on any atom is 0.230 e. The van der Waals surface area contributed by atoms with E-state index in [-0.39, 0.29) is 17.9 Å². The topological polar surface area (TPSA) is 40.5 Å². The van der Waals surface area contributed by atoms with Gasteiger partial charge in [0.1, 0.15) is 0 Å². The van der Waals surface area contributed by atoms with E-state index in [1.807, 2.05) is 4.90 Å². The molecule has 0 spiro atoms. The fourth-order valence-electron chi connectivity index (χ4n) is 2.91. The average molecular weight is 251 g/mol. The first kappa shape index (κ1) is 11.2. The monoisotopic (exact) mass is 251 g/mol. The Morgan fingerprint density at radius 2 is 2.35 bits per heavy atom. The van der Waals surface area contributed by atoms with E-state index in [1.54, 1.807) is 11.3 Å². The fraction of sp³-hybridized carbons (Fsp3) is 0.615. The molecule has 1 aromatic heterocycles. The highest BCUT2D eigenvalue weighted by Gasteiger charge is 2.33. The van der Waals surface area contributed by atoms with Crippen LogP contribution < -0.4 is 0 Å². The number of carbonyl (C=O) groups excluding carboxylic acids is 1. The molecule has 1 unspecified atom stereocenters. The molecule has 92 valence electrons. The zero-order valence-electron chi connectivity index (χ0n) is 9.76. The number of β-amino-alcohol motifs (C(OH)–C–C–N with tert-alkyl or cyclic N) is 1. The average Bonchev–Trinajstić information content (AvgIpc) is 2.95. The molecule has 2 aliphatic rings. The van der Waals surface area contributed by atoms with Crippen molar-refractivity contribution in [3.63, 3.8) is 0 Å². The second-order valence-corrected chi connectivity index (χ2v) is 5.97. The van der Waals surface area contributed by atoms with Gasteiger partial charge in [-0.3, -0.25) is 4.79 Å². The Balaban J connectivity index is 1.80. The molecule has 1 amide bonds. The molecule has 2 atom stereocenters. The van der Waals surface area contributed by atoms with Crippen molar-refractivity contribution in [3.8, 4) is 0 Å². The van der Waals surface area contributed by atoms with Gasteiger partial charge in [0, 0.05) is 18.0 Å². The van der Waals surface area contributed by atoms with Gasteiger partial charge in [0.25, 0.3) is 0 Å². The summed E-state index contributed by atoms with van der Waals surface area (Å²) in [5.74, 6) is 0.274. The highest BCUT2D eigenvalue weighted by molar-refractivity contribution is 7.10. The standard InChI is InChI=1S/C13H17NO2S/c15-9-4-6-14(8-9)13(16)11-2-1-3-12-10(11)5-7-17-12/h5,7,9,11,15H,1-4,6,8H2/t9-,11?/m1/s1. The normalized spacial score (nSPS) is 28.2. The van der Waals surface area contributed by atoms with E-state index in [1.165, 1.54) is 10.4 Å². The quantitative estimate of drug-likeness (QED) is 0.826. The summed E-state index contributed by atoms with van der Waals surface area (Å²) in [6.07, 6.45) is 3.62. The number of fused-ring (bicyclic) bond motifs is 1. The zero-order valence-corrected chi connectivity index (χ0v) is 10.6. The zero-order chi connectivity index (χ0) is 11.8. The number of rotatable bonds is 1. The molecule has 1 aliphatic heterocycles. The van der Waals surface area contributed by atoms with Gasteiger partial charge in [0.15, 0.2) is 0 Å². The first-order valence-corrected chi connectivity index (χ1v) is 7.17. The lowest BCUT2D eigenvalue weighted by Crippen LogP contribution is -2.35. The number of thiophene rings is 1. The SMILES string of the molecule is O=C(C1CCCc2sccc21)N1CC[C@@H](O)C1. The largest absolute Gasteiger partial charge is 0.391 e. The van der Waals surface area contributed by atoms with Gasteiger partial charge in [0.2, 0.25) is 5.91 Å². The molecule has 1 aromatic rings. The summed E-state index contributed by atoms with van der Waals surface area (Å²) in [6, 6.07) is 2.11. The summed E-state index contributed by atoms with van der Waals surface area (Å²) in [4.78, 5) is 15.6. The summed E-state index contributed by atoms with van der Waals surface area (Å²) >= 11 is 1.77. The molecule has 4 heteroatoms. The van der Waals surface area contributed by atoms with E-state index in [9.17, 15) is 9.90 Å². The molecule has 0 aromatic carbocycles. The fourth-order valence-corrected chi connectivity index (χ4v) is 3.89. The molecule has 3 nitrogen and oxygen atoms in total. The van der Waals surface area contributed by atoms with Crippen LogP contribution in [0.5, 0.6) is 0 Å². The van der Waals surface area contributed by atoms with Gasteiger partial charge in [-0.05, 0) is 42.7 Å². The molecule has 0 bridgehead atoms. The van der Waals surface area contributed by atoms with Gasteiger partial charge in [-0.15, -0.1) is 11.3 Å². The third kappa shape index (κ3) is 2.00. The number of likely N-dealkylation sites (tertiary alicyclic amines) is 1. The molecule has 1 fully saturated rings. The lowest BCUT2D eigenvalue weighted by molar-refractivity contribution is -0.132. The summed E-state index contributed by atoms with van der Waals surface area (Å²) in [5, 5.41) is 11.6. The number of hydrogen-bond donors (Lipinski definition) is 1. The van der Waals surface area contributed by atoms with Gasteiger partial charge in [-0.2, -0.15) is 0 Å². The van der Waals surface area contributed by atoms with E-state index in [0.717, 1.165) is 32.2 Å². The van der Waals surface area contributed by atoms with Gasteiger partial charge < -0.3 is 10.0 Å². The Morgan fingerprint density at radius 3 is 3.12 bits per heavy atom. The number of aliphatic hydroxyl groups is 1. The molecule has 1 saturated heterocycles. The Labute approximate surface area is 105 Å². The predicted octanol–water partition coefficient (Wildman–Crippen LogP) is 1.76. The van der Waals surface area contributed by atoms with Gasteiger partial charge in [-0.25, -0.2) is 0 Å². The molecule has 17 heavy (non-hydrogen) atoms. The molecule has 1 aliphatic carbocycles. The molecule has 3 rings (SSSR count). The van der Waals surface area contributed by atoms with Crippen LogP contribution in [-0.2, 0) is 11.2 Å². The van der Waals surface area contributed by atoms with Crippen LogP contribution in [0.2, 0.25) is 0 Å². The van der Waals surface area contributed by atoms with Crippen molar-refractivity contribution in [3.05, 3.63) is 21.9 Å². The third-order valence-corrected chi connectivity index (χ3v) is 4.82. The Bertz CT molecular complexity index is 429. The van der Waals surface area contributed by atoms with Crippen molar-refractivity contribution >= 4 is 17.2 Å². The molecular formula is C13H17NO2S. The highest BCUT2D eigenvalue weighted by atomic mass is 32.1. The predicted molar refractivity (Wildman–Crippen MR) is 67.2 cm³/mol. The van der Waals surface area contributed by atoms with Gasteiger partial charge in [-0.1, -0.05) is 0 Å². The number of aliphatic hydroxyl groups excluding tert-OH is 1. The maximum atomic E-state index is 12.4. The van der Waals surface area contributed by atoms with Crippen molar-refractivity contribution in [1.82, 2.24) is 4.90 Å². The van der Waals surface area contributed by atoms with Crippen molar-refractivity contribution in [2.75, 3.05) is 13.1 Å². The first-order valence-electron chi connectivity index (χ1n) is 6.29. The molecule has 1 N–H and O–H groups in total. The third-order valence-electron chi connectivity index (χ3n) is 3.83.